The normalized spacial score (nSPS) is 10.0. The molecule has 4 nitrogen and oxygen atoms in total. The first-order chi connectivity index (χ1) is 9.02. The third-order valence-corrected chi connectivity index (χ3v) is 3.02. The minimum atomic E-state index is -0.0872. The summed E-state index contributed by atoms with van der Waals surface area (Å²) in [5.41, 5.74) is 6.64. The van der Waals surface area contributed by atoms with Crippen LogP contribution in [0.25, 0.3) is 0 Å². The Morgan fingerprint density at radius 1 is 1.37 bits per heavy atom. The van der Waals surface area contributed by atoms with Gasteiger partial charge in [-0.15, -0.1) is 0 Å². The fourth-order valence-electron chi connectivity index (χ4n) is 1.48. The molecular weight excluding hydrogens is 260 g/mol. The molecule has 0 aliphatic rings. The first-order valence-electron chi connectivity index (χ1n) is 6.27. The molecule has 0 saturated heterocycles. The number of ether oxygens (including phenoxy) is 1. The largest absolute Gasteiger partial charge is 0.484 e. The number of carbonyl (C=O) groups is 1. The van der Waals surface area contributed by atoms with E-state index in [1.54, 1.807) is 11.9 Å². The highest BCUT2D eigenvalue weighted by Crippen LogP contribution is 2.12. The zero-order valence-corrected chi connectivity index (χ0v) is 12.2. The Bertz CT molecular complexity index is 432. The van der Waals surface area contributed by atoms with Gasteiger partial charge in [0.25, 0.3) is 5.91 Å². The third kappa shape index (κ3) is 5.70. The lowest BCUT2D eigenvalue weighted by Crippen LogP contribution is -2.33. The number of amides is 1. The lowest BCUT2D eigenvalue weighted by Gasteiger charge is -2.17. The quantitative estimate of drug-likeness (QED) is 0.773. The van der Waals surface area contributed by atoms with E-state index in [-0.39, 0.29) is 12.5 Å². The zero-order valence-electron chi connectivity index (χ0n) is 11.4. The molecule has 1 aromatic carbocycles. The van der Waals surface area contributed by atoms with E-state index in [2.05, 4.69) is 6.92 Å². The van der Waals surface area contributed by atoms with Gasteiger partial charge in [-0.2, -0.15) is 0 Å². The number of likely N-dealkylation sites (N-methyl/N-ethyl adjacent to an activating group) is 1. The lowest BCUT2D eigenvalue weighted by atomic mass is 10.2. The van der Waals surface area contributed by atoms with Gasteiger partial charge in [0.1, 0.15) is 5.75 Å². The Kier molecular flexibility index (Phi) is 6.29. The molecule has 1 amide bonds. The maximum atomic E-state index is 11.8. The van der Waals surface area contributed by atoms with E-state index in [1.807, 2.05) is 24.3 Å². The molecule has 0 heterocycles. The SMILES string of the molecule is CCc1ccc(OCC(=O)N(C)CCC(N)=S)cc1. The molecule has 104 valence electrons. The van der Waals surface area contributed by atoms with Crippen molar-refractivity contribution in [3.05, 3.63) is 29.8 Å². The average Bonchev–Trinajstić information content (AvgIpc) is 2.42. The number of nitrogens with zero attached hydrogens (tertiary/aromatic N) is 1. The first-order valence-corrected chi connectivity index (χ1v) is 6.67. The number of thiocarbonyl (C=S) groups is 1. The highest BCUT2D eigenvalue weighted by Gasteiger charge is 2.09. The van der Waals surface area contributed by atoms with Crippen molar-refractivity contribution in [2.24, 2.45) is 5.73 Å². The van der Waals surface area contributed by atoms with Crippen molar-refractivity contribution in [2.45, 2.75) is 19.8 Å². The third-order valence-electron chi connectivity index (χ3n) is 2.81. The van der Waals surface area contributed by atoms with Gasteiger partial charge in [0.05, 0.1) is 4.99 Å². The average molecular weight is 280 g/mol. The molecule has 0 aliphatic heterocycles. The van der Waals surface area contributed by atoms with Crippen LogP contribution in [0, 0.1) is 0 Å². The molecule has 0 atom stereocenters. The molecule has 0 aliphatic carbocycles. The van der Waals surface area contributed by atoms with Crippen molar-refractivity contribution in [3.63, 3.8) is 0 Å². The number of rotatable bonds is 7. The first kappa shape index (κ1) is 15.4. The van der Waals surface area contributed by atoms with Crippen LogP contribution in [-0.2, 0) is 11.2 Å². The second-order valence-corrected chi connectivity index (χ2v) is 4.84. The second-order valence-electron chi connectivity index (χ2n) is 4.32. The molecule has 0 saturated carbocycles. The number of aryl methyl sites for hydroxylation is 1. The molecular formula is C14H20N2O2S. The fourth-order valence-corrected chi connectivity index (χ4v) is 1.57. The summed E-state index contributed by atoms with van der Waals surface area (Å²) in [7, 11) is 1.71. The number of nitrogens with two attached hydrogens (primary N) is 1. The summed E-state index contributed by atoms with van der Waals surface area (Å²) < 4.78 is 5.44. The van der Waals surface area contributed by atoms with E-state index >= 15 is 0 Å². The second kappa shape index (κ2) is 7.74. The van der Waals surface area contributed by atoms with Crippen LogP contribution in [0.4, 0.5) is 0 Å². The van der Waals surface area contributed by atoms with Crippen LogP contribution in [0.5, 0.6) is 5.75 Å². The van der Waals surface area contributed by atoms with Crippen LogP contribution in [0.15, 0.2) is 24.3 Å². The van der Waals surface area contributed by atoms with Crippen molar-refractivity contribution < 1.29 is 9.53 Å². The van der Waals surface area contributed by atoms with Gasteiger partial charge in [-0.05, 0) is 24.1 Å². The van der Waals surface area contributed by atoms with Crippen LogP contribution < -0.4 is 10.5 Å². The van der Waals surface area contributed by atoms with E-state index in [1.165, 1.54) is 5.56 Å². The van der Waals surface area contributed by atoms with Crippen LogP contribution in [0.3, 0.4) is 0 Å². The Balaban J connectivity index is 2.38. The summed E-state index contributed by atoms with van der Waals surface area (Å²) in [6.07, 6.45) is 1.52. The van der Waals surface area contributed by atoms with Crippen LogP contribution >= 0.6 is 12.2 Å². The van der Waals surface area contributed by atoms with E-state index in [0.29, 0.717) is 23.7 Å². The summed E-state index contributed by atoms with van der Waals surface area (Å²) in [5, 5.41) is 0. The highest BCUT2D eigenvalue weighted by atomic mass is 32.1. The summed E-state index contributed by atoms with van der Waals surface area (Å²) in [6.45, 7) is 2.64. The minimum Gasteiger partial charge on any atom is -0.484 e. The Hall–Kier alpha value is -1.62. The predicted molar refractivity (Wildman–Crippen MR) is 80.4 cm³/mol. The lowest BCUT2D eigenvalue weighted by molar-refractivity contribution is -0.131. The molecule has 0 aromatic heterocycles. The topological polar surface area (TPSA) is 55.6 Å². The van der Waals surface area contributed by atoms with Crippen molar-refractivity contribution in [1.29, 1.82) is 0 Å². The molecule has 1 rings (SSSR count). The zero-order chi connectivity index (χ0) is 14.3. The van der Waals surface area contributed by atoms with Crippen LogP contribution in [0.2, 0.25) is 0 Å². The molecule has 0 fully saturated rings. The van der Waals surface area contributed by atoms with Crippen LogP contribution in [0.1, 0.15) is 18.9 Å². The van der Waals surface area contributed by atoms with Gasteiger partial charge in [-0.25, -0.2) is 0 Å². The maximum absolute atomic E-state index is 11.8. The monoisotopic (exact) mass is 280 g/mol. The van der Waals surface area contributed by atoms with Gasteiger partial charge in [0, 0.05) is 20.0 Å². The fraction of sp³-hybridized carbons (Fsp3) is 0.429. The Morgan fingerprint density at radius 2 is 2.00 bits per heavy atom. The number of carbonyl (C=O) groups excluding carboxylic acids is 1. The Labute approximate surface area is 119 Å². The van der Waals surface area contributed by atoms with Gasteiger partial charge in [-0.1, -0.05) is 31.3 Å². The molecule has 0 unspecified atom stereocenters. The van der Waals surface area contributed by atoms with Gasteiger partial charge >= 0.3 is 0 Å². The molecule has 1 aromatic rings. The van der Waals surface area contributed by atoms with Crippen LogP contribution in [-0.4, -0.2) is 36.0 Å². The molecule has 0 bridgehead atoms. The molecule has 5 heteroatoms. The van der Waals surface area contributed by atoms with E-state index in [0.717, 1.165) is 6.42 Å². The van der Waals surface area contributed by atoms with Crippen molar-refractivity contribution >= 4 is 23.1 Å². The maximum Gasteiger partial charge on any atom is 0.260 e. The smallest absolute Gasteiger partial charge is 0.260 e. The molecule has 0 spiro atoms. The van der Waals surface area contributed by atoms with Crippen molar-refractivity contribution in [2.75, 3.05) is 20.2 Å². The predicted octanol–water partition coefficient (Wildman–Crippen LogP) is 1.76. The van der Waals surface area contributed by atoms with Gasteiger partial charge in [-0.3, -0.25) is 4.79 Å². The number of hydrogen-bond donors (Lipinski definition) is 1. The van der Waals surface area contributed by atoms with Gasteiger partial charge < -0.3 is 15.4 Å². The molecule has 19 heavy (non-hydrogen) atoms. The molecule has 2 N–H and O–H groups in total. The molecule has 0 radical (unpaired) electrons. The summed E-state index contributed by atoms with van der Waals surface area (Å²) in [5.74, 6) is 0.615. The number of benzene rings is 1. The standard InChI is InChI=1S/C14H20N2O2S/c1-3-11-4-6-12(7-5-11)18-10-14(17)16(2)9-8-13(15)19/h4-7H,3,8-10H2,1-2H3,(H2,15,19). The van der Waals surface area contributed by atoms with Gasteiger partial charge in [0.15, 0.2) is 6.61 Å². The Morgan fingerprint density at radius 3 is 2.53 bits per heavy atom. The summed E-state index contributed by atoms with van der Waals surface area (Å²) in [6, 6.07) is 7.75. The number of hydrogen-bond acceptors (Lipinski definition) is 3. The van der Waals surface area contributed by atoms with Crippen molar-refractivity contribution in [1.82, 2.24) is 4.90 Å². The van der Waals surface area contributed by atoms with E-state index in [9.17, 15) is 4.79 Å². The van der Waals surface area contributed by atoms with Crippen molar-refractivity contribution in [3.8, 4) is 5.75 Å². The van der Waals surface area contributed by atoms with E-state index in [4.69, 9.17) is 22.7 Å². The van der Waals surface area contributed by atoms with E-state index < -0.39 is 0 Å². The summed E-state index contributed by atoms with van der Waals surface area (Å²) in [4.78, 5) is 13.8. The summed E-state index contributed by atoms with van der Waals surface area (Å²) >= 11 is 4.77. The highest BCUT2D eigenvalue weighted by molar-refractivity contribution is 7.80. The van der Waals surface area contributed by atoms with Gasteiger partial charge in [0.2, 0.25) is 0 Å². The minimum absolute atomic E-state index is 0.0271.